The standard InChI is InChI=1S/C22H25N7O/c30-21(19-16-24-17-6-2-3-7-18(17)25-19)28-14-12-27(13-15-28)20-8-9-23-22(26-20)29-10-4-1-5-11-29/h2-3,6-9,16H,1,4-5,10-15H2. The lowest BCUT2D eigenvalue weighted by molar-refractivity contribution is 0.0740. The number of fused-ring (bicyclic) bond motifs is 1. The van der Waals surface area contributed by atoms with Gasteiger partial charge in [-0.1, -0.05) is 12.1 Å². The van der Waals surface area contributed by atoms with Crippen LogP contribution in [0.1, 0.15) is 29.8 Å². The molecule has 0 N–H and O–H groups in total. The summed E-state index contributed by atoms with van der Waals surface area (Å²) in [6, 6.07) is 9.56. The fourth-order valence-corrected chi connectivity index (χ4v) is 4.12. The van der Waals surface area contributed by atoms with Crippen molar-refractivity contribution in [3.8, 4) is 0 Å². The zero-order valence-corrected chi connectivity index (χ0v) is 16.9. The van der Waals surface area contributed by atoms with E-state index >= 15 is 0 Å². The van der Waals surface area contributed by atoms with Gasteiger partial charge in [-0.3, -0.25) is 9.78 Å². The number of rotatable bonds is 3. The Morgan fingerprint density at radius 1 is 0.767 bits per heavy atom. The Morgan fingerprint density at radius 2 is 1.53 bits per heavy atom. The number of anilines is 2. The minimum absolute atomic E-state index is 0.0652. The van der Waals surface area contributed by atoms with Gasteiger partial charge in [0.1, 0.15) is 11.5 Å². The van der Waals surface area contributed by atoms with Crippen molar-refractivity contribution in [2.45, 2.75) is 19.3 Å². The number of amides is 1. The van der Waals surface area contributed by atoms with Crippen LogP contribution in [0.2, 0.25) is 0 Å². The smallest absolute Gasteiger partial charge is 0.274 e. The lowest BCUT2D eigenvalue weighted by Crippen LogP contribution is -2.49. The van der Waals surface area contributed by atoms with Gasteiger partial charge in [0.15, 0.2) is 0 Å². The summed E-state index contributed by atoms with van der Waals surface area (Å²) in [5.74, 6) is 1.69. The van der Waals surface area contributed by atoms with Crippen molar-refractivity contribution in [1.29, 1.82) is 0 Å². The van der Waals surface area contributed by atoms with E-state index in [1.54, 1.807) is 6.20 Å². The Kier molecular flexibility index (Phi) is 5.13. The highest BCUT2D eigenvalue weighted by Gasteiger charge is 2.25. The molecule has 1 aromatic carbocycles. The molecule has 2 aromatic heterocycles. The first-order valence-electron chi connectivity index (χ1n) is 10.6. The van der Waals surface area contributed by atoms with Crippen LogP contribution in [0.5, 0.6) is 0 Å². The van der Waals surface area contributed by atoms with Crippen molar-refractivity contribution in [1.82, 2.24) is 24.8 Å². The van der Waals surface area contributed by atoms with Crippen molar-refractivity contribution in [2.75, 3.05) is 49.1 Å². The number of benzene rings is 1. The van der Waals surface area contributed by atoms with Crippen molar-refractivity contribution in [3.05, 3.63) is 48.4 Å². The number of hydrogen-bond acceptors (Lipinski definition) is 7. The second-order valence-electron chi connectivity index (χ2n) is 7.79. The monoisotopic (exact) mass is 403 g/mol. The molecule has 4 heterocycles. The lowest BCUT2D eigenvalue weighted by atomic mass is 10.1. The molecule has 1 amide bonds. The van der Waals surface area contributed by atoms with Crippen LogP contribution in [0.3, 0.4) is 0 Å². The quantitative estimate of drug-likeness (QED) is 0.664. The van der Waals surface area contributed by atoms with Crippen LogP contribution in [0.15, 0.2) is 42.7 Å². The predicted octanol–water partition coefficient (Wildman–Crippen LogP) is 2.37. The van der Waals surface area contributed by atoms with Gasteiger partial charge in [0.25, 0.3) is 5.91 Å². The fraction of sp³-hybridized carbons (Fsp3) is 0.409. The van der Waals surface area contributed by atoms with E-state index in [4.69, 9.17) is 4.98 Å². The van der Waals surface area contributed by atoms with Gasteiger partial charge >= 0.3 is 0 Å². The molecule has 2 fully saturated rings. The van der Waals surface area contributed by atoms with E-state index in [0.29, 0.717) is 18.8 Å². The number of para-hydroxylation sites is 2. The zero-order chi connectivity index (χ0) is 20.3. The van der Waals surface area contributed by atoms with Gasteiger partial charge < -0.3 is 14.7 Å². The molecule has 8 heteroatoms. The molecular weight excluding hydrogens is 378 g/mol. The predicted molar refractivity (Wildman–Crippen MR) is 116 cm³/mol. The maximum atomic E-state index is 12.9. The third-order valence-electron chi connectivity index (χ3n) is 5.83. The van der Waals surface area contributed by atoms with Crippen molar-refractivity contribution in [2.24, 2.45) is 0 Å². The molecule has 2 aliphatic heterocycles. The Balaban J connectivity index is 1.25. The lowest BCUT2D eigenvalue weighted by Gasteiger charge is -2.35. The first kappa shape index (κ1) is 18.7. The third kappa shape index (κ3) is 3.77. The van der Waals surface area contributed by atoms with Gasteiger partial charge in [-0.2, -0.15) is 4.98 Å². The molecule has 0 atom stereocenters. The van der Waals surface area contributed by atoms with Crippen LogP contribution >= 0.6 is 0 Å². The topological polar surface area (TPSA) is 78.4 Å². The summed E-state index contributed by atoms with van der Waals surface area (Å²) >= 11 is 0. The maximum Gasteiger partial charge on any atom is 0.274 e. The van der Waals surface area contributed by atoms with E-state index in [2.05, 4.69) is 24.8 Å². The van der Waals surface area contributed by atoms with Crippen molar-refractivity contribution < 1.29 is 4.79 Å². The summed E-state index contributed by atoms with van der Waals surface area (Å²) < 4.78 is 0. The van der Waals surface area contributed by atoms with Crippen LogP contribution in [0.4, 0.5) is 11.8 Å². The highest BCUT2D eigenvalue weighted by atomic mass is 16.2. The van der Waals surface area contributed by atoms with Gasteiger partial charge in [-0.25, -0.2) is 9.97 Å². The molecular formula is C22H25N7O. The molecule has 0 bridgehead atoms. The maximum absolute atomic E-state index is 12.9. The molecule has 5 rings (SSSR count). The molecule has 0 spiro atoms. The number of piperidine rings is 1. The number of carbonyl (C=O) groups is 1. The molecule has 2 aliphatic rings. The van der Waals surface area contributed by atoms with Crippen LogP contribution in [0.25, 0.3) is 11.0 Å². The van der Waals surface area contributed by atoms with Crippen LogP contribution in [-0.2, 0) is 0 Å². The van der Waals surface area contributed by atoms with Gasteiger partial charge in [0.2, 0.25) is 5.95 Å². The molecule has 3 aromatic rings. The van der Waals surface area contributed by atoms with E-state index in [1.807, 2.05) is 41.4 Å². The second kappa shape index (κ2) is 8.22. The summed E-state index contributed by atoms with van der Waals surface area (Å²) in [7, 11) is 0. The van der Waals surface area contributed by atoms with Crippen LogP contribution < -0.4 is 9.80 Å². The molecule has 0 aliphatic carbocycles. The SMILES string of the molecule is O=C(c1cnc2ccccc2n1)N1CCN(c2ccnc(N3CCCCC3)n2)CC1. The average Bonchev–Trinajstić information content (AvgIpc) is 2.84. The number of aromatic nitrogens is 4. The summed E-state index contributed by atoms with van der Waals surface area (Å²) in [4.78, 5) is 37.4. The van der Waals surface area contributed by atoms with E-state index in [-0.39, 0.29) is 5.91 Å². The van der Waals surface area contributed by atoms with Gasteiger partial charge in [0.05, 0.1) is 17.2 Å². The van der Waals surface area contributed by atoms with Gasteiger partial charge in [-0.15, -0.1) is 0 Å². The van der Waals surface area contributed by atoms with E-state index in [9.17, 15) is 4.79 Å². The number of carbonyl (C=O) groups excluding carboxylic acids is 1. The van der Waals surface area contributed by atoms with E-state index in [0.717, 1.165) is 49.0 Å². The van der Waals surface area contributed by atoms with Crippen LogP contribution in [0, 0.1) is 0 Å². The van der Waals surface area contributed by atoms with Gasteiger partial charge in [0, 0.05) is 45.5 Å². The first-order chi connectivity index (χ1) is 14.8. The highest BCUT2D eigenvalue weighted by molar-refractivity contribution is 5.94. The molecule has 2 saturated heterocycles. The molecule has 30 heavy (non-hydrogen) atoms. The molecule has 0 saturated carbocycles. The molecule has 154 valence electrons. The normalized spacial score (nSPS) is 17.4. The minimum Gasteiger partial charge on any atom is -0.353 e. The fourth-order valence-electron chi connectivity index (χ4n) is 4.12. The van der Waals surface area contributed by atoms with E-state index in [1.165, 1.54) is 19.3 Å². The number of hydrogen-bond donors (Lipinski definition) is 0. The largest absolute Gasteiger partial charge is 0.353 e. The van der Waals surface area contributed by atoms with Crippen LogP contribution in [-0.4, -0.2) is 70.0 Å². The first-order valence-corrected chi connectivity index (χ1v) is 10.6. The van der Waals surface area contributed by atoms with Crippen molar-refractivity contribution >= 4 is 28.7 Å². The Labute approximate surface area is 175 Å². The summed E-state index contributed by atoms with van der Waals surface area (Å²) in [5, 5.41) is 0. The third-order valence-corrected chi connectivity index (χ3v) is 5.83. The van der Waals surface area contributed by atoms with E-state index < -0.39 is 0 Å². The summed E-state index contributed by atoms with van der Waals surface area (Å²) in [6.07, 6.45) is 7.10. The minimum atomic E-state index is -0.0652. The highest BCUT2D eigenvalue weighted by Crippen LogP contribution is 2.20. The number of piperazine rings is 1. The Bertz CT molecular complexity index is 1040. The average molecular weight is 403 g/mol. The molecule has 8 nitrogen and oxygen atoms in total. The number of nitrogens with zero attached hydrogens (tertiary/aromatic N) is 7. The molecule has 0 unspecified atom stereocenters. The van der Waals surface area contributed by atoms with Crippen molar-refractivity contribution in [3.63, 3.8) is 0 Å². The zero-order valence-electron chi connectivity index (χ0n) is 16.9. The Hall–Kier alpha value is -3.29. The summed E-state index contributed by atoms with van der Waals surface area (Å²) in [6.45, 7) is 4.80. The van der Waals surface area contributed by atoms with Gasteiger partial charge in [-0.05, 0) is 37.5 Å². The second-order valence-corrected chi connectivity index (χ2v) is 7.79. The Morgan fingerprint density at radius 3 is 2.33 bits per heavy atom. The summed E-state index contributed by atoms with van der Waals surface area (Å²) in [5.41, 5.74) is 1.94. The molecule has 0 radical (unpaired) electrons.